The van der Waals surface area contributed by atoms with Gasteiger partial charge in [-0.2, -0.15) is 0 Å². The maximum absolute atomic E-state index is 12.1. The number of carboxylic acids is 2. The molecule has 2 aliphatic rings. The highest BCUT2D eigenvalue weighted by Crippen LogP contribution is 2.23. The highest BCUT2D eigenvalue weighted by Gasteiger charge is 2.32. The number of hydrogen-bond acceptors (Lipinski definition) is 6. The molecule has 4 unspecified atom stereocenters. The summed E-state index contributed by atoms with van der Waals surface area (Å²) in [5.74, 6) is -0.557. The molecule has 212 valence electrons. The third kappa shape index (κ3) is 11.3. The molecule has 0 amide bonds. The standard InChI is InChI=1S/C15H19NO3.C8H7ClO.C7H13NO2/c1-11-7-8-16(13(9-11)15(18)19)10-14(17)12-5-3-2-4-6-12;9-6-8(10)7-4-2-1-3-5-7;1-5-2-3-8-6(4-5)7(9)10/h2-6,11,13H,7-10H2,1H3,(H,18,19);1-5H,6H2;5-6,8H,2-4H2,1H3,(H,9,10). The number of aliphatic carboxylic acids is 2. The Morgan fingerprint density at radius 2 is 1.36 bits per heavy atom. The number of benzene rings is 2. The lowest BCUT2D eigenvalue weighted by Gasteiger charge is -2.35. The Balaban J connectivity index is 0.000000225. The Morgan fingerprint density at radius 3 is 1.82 bits per heavy atom. The molecule has 0 saturated carbocycles. The van der Waals surface area contributed by atoms with E-state index in [0.717, 1.165) is 25.8 Å². The summed E-state index contributed by atoms with van der Waals surface area (Å²) in [5, 5.41) is 20.8. The van der Waals surface area contributed by atoms with E-state index in [2.05, 4.69) is 19.2 Å². The Bertz CT molecular complexity index is 1070. The number of nitrogens with one attached hydrogen (secondary N) is 1. The summed E-state index contributed by atoms with van der Waals surface area (Å²) < 4.78 is 0. The van der Waals surface area contributed by atoms with E-state index in [1.54, 1.807) is 29.2 Å². The molecule has 4 atom stereocenters. The summed E-state index contributed by atoms with van der Waals surface area (Å²) in [6.07, 6.45) is 3.45. The first-order chi connectivity index (χ1) is 18.6. The van der Waals surface area contributed by atoms with Crippen molar-refractivity contribution in [1.82, 2.24) is 10.2 Å². The largest absolute Gasteiger partial charge is 0.480 e. The molecule has 2 heterocycles. The number of carbonyl (C=O) groups excluding carboxylic acids is 2. The topological polar surface area (TPSA) is 124 Å². The summed E-state index contributed by atoms with van der Waals surface area (Å²) in [6.45, 7) is 5.87. The SMILES string of the molecule is CC1CCN(CC(=O)c2ccccc2)C(C(=O)O)C1.CC1CCNC(C(=O)O)C1.O=C(CCl)c1ccccc1. The van der Waals surface area contributed by atoms with Crippen molar-refractivity contribution in [2.24, 2.45) is 11.8 Å². The Labute approximate surface area is 235 Å². The maximum atomic E-state index is 12.1. The van der Waals surface area contributed by atoms with E-state index in [1.165, 1.54) is 0 Å². The van der Waals surface area contributed by atoms with Gasteiger partial charge in [0.25, 0.3) is 0 Å². The van der Waals surface area contributed by atoms with Gasteiger partial charge < -0.3 is 15.5 Å². The van der Waals surface area contributed by atoms with Crippen molar-refractivity contribution < 1.29 is 29.4 Å². The first kappa shape index (κ1) is 32.1. The number of carboxylic acid groups (broad SMARTS) is 2. The van der Waals surface area contributed by atoms with Gasteiger partial charge in [0.05, 0.1) is 12.4 Å². The van der Waals surface area contributed by atoms with E-state index in [0.29, 0.717) is 35.9 Å². The van der Waals surface area contributed by atoms with Crippen molar-refractivity contribution in [3.05, 3.63) is 71.8 Å². The zero-order valence-corrected chi connectivity index (χ0v) is 23.3. The normalized spacial score (nSPS) is 22.7. The van der Waals surface area contributed by atoms with Crippen LogP contribution in [0.2, 0.25) is 0 Å². The molecule has 0 aliphatic carbocycles. The molecular weight excluding hydrogens is 520 g/mol. The molecule has 0 spiro atoms. The van der Waals surface area contributed by atoms with E-state index < -0.39 is 18.0 Å². The fourth-order valence-electron chi connectivity index (χ4n) is 4.53. The number of piperidine rings is 2. The minimum Gasteiger partial charge on any atom is -0.480 e. The molecular formula is C30H39ClN2O6. The number of nitrogens with zero attached hydrogens (tertiary/aromatic N) is 1. The average Bonchev–Trinajstić information content (AvgIpc) is 2.95. The maximum Gasteiger partial charge on any atom is 0.320 e. The number of likely N-dealkylation sites (tertiary alicyclic amines) is 1. The van der Waals surface area contributed by atoms with Gasteiger partial charge in [-0.15, -0.1) is 11.6 Å². The third-order valence-corrected chi connectivity index (χ3v) is 7.13. The smallest absolute Gasteiger partial charge is 0.320 e. The Hall–Kier alpha value is -3.07. The number of rotatable bonds is 7. The Kier molecular flexibility index (Phi) is 13.8. The van der Waals surface area contributed by atoms with Gasteiger partial charge in [-0.3, -0.25) is 24.1 Å². The van der Waals surface area contributed by atoms with Crippen molar-refractivity contribution in [3.8, 4) is 0 Å². The van der Waals surface area contributed by atoms with Gasteiger partial charge in [-0.25, -0.2) is 0 Å². The summed E-state index contributed by atoms with van der Waals surface area (Å²) in [7, 11) is 0. The number of hydrogen-bond donors (Lipinski definition) is 3. The number of alkyl halides is 1. The molecule has 0 bridgehead atoms. The molecule has 9 heteroatoms. The second-order valence-corrected chi connectivity index (χ2v) is 10.4. The molecule has 2 aromatic rings. The number of halogens is 1. The van der Waals surface area contributed by atoms with Gasteiger partial charge in [0, 0.05) is 11.1 Å². The predicted molar refractivity (Wildman–Crippen MR) is 151 cm³/mol. The van der Waals surface area contributed by atoms with Gasteiger partial charge in [0.1, 0.15) is 12.1 Å². The number of ketones is 2. The second kappa shape index (κ2) is 16.8. The first-order valence-corrected chi connectivity index (χ1v) is 13.8. The molecule has 0 radical (unpaired) electrons. The van der Waals surface area contributed by atoms with Crippen LogP contribution in [-0.4, -0.2) is 76.2 Å². The van der Waals surface area contributed by atoms with E-state index >= 15 is 0 Å². The molecule has 2 aliphatic heterocycles. The van der Waals surface area contributed by atoms with Crippen molar-refractivity contribution in [2.45, 2.75) is 51.6 Å². The minimum atomic E-state index is -0.826. The van der Waals surface area contributed by atoms with Crippen molar-refractivity contribution in [3.63, 3.8) is 0 Å². The predicted octanol–water partition coefficient (Wildman–Crippen LogP) is 4.62. The van der Waals surface area contributed by atoms with Crippen molar-refractivity contribution in [1.29, 1.82) is 0 Å². The fourth-order valence-corrected chi connectivity index (χ4v) is 4.69. The summed E-state index contributed by atoms with van der Waals surface area (Å²) in [5.41, 5.74) is 1.32. The van der Waals surface area contributed by atoms with Crippen LogP contribution in [0.5, 0.6) is 0 Å². The van der Waals surface area contributed by atoms with Crippen molar-refractivity contribution >= 4 is 35.1 Å². The van der Waals surface area contributed by atoms with Gasteiger partial charge in [-0.05, 0) is 50.6 Å². The number of Topliss-reactive ketones (excluding diaryl/α,β-unsaturated/α-hetero) is 2. The molecule has 0 aromatic heterocycles. The van der Waals surface area contributed by atoms with E-state index in [1.807, 2.05) is 36.4 Å². The van der Waals surface area contributed by atoms with Crippen LogP contribution in [0.1, 0.15) is 60.2 Å². The molecule has 2 fully saturated rings. The highest BCUT2D eigenvalue weighted by molar-refractivity contribution is 6.30. The highest BCUT2D eigenvalue weighted by atomic mass is 35.5. The summed E-state index contributed by atoms with van der Waals surface area (Å²) in [4.78, 5) is 46.5. The monoisotopic (exact) mass is 558 g/mol. The van der Waals surface area contributed by atoms with Crippen LogP contribution in [0, 0.1) is 11.8 Å². The Morgan fingerprint density at radius 1 is 0.821 bits per heavy atom. The quantitative estimate of drug-likeness (QED) is 0.332. The third-order valence-electron chi connectivity index (χ3n) is 6.88. The van der Waals surface area contributed by atoms with Gasteiger partial charge in [0.2, 0.25) is 0 Å². The fraction of sp³-hybridized carbons (Fsp3) is 0.467. The van der Waals surface area contributed by atoms with E-state index in [-0.39, 0.29) is 30.0 Å². The zero-order chi connectivity index (χ0) is 28.8. The summed E-state index contributed by atoms with van der Waals surface area (Å²) >= 11 is 5.34. The van der Waals surface area contributed by atoms with Gasteiger partial charge in [-0.1, -0.05) is 74.5 Å². The van der Waals surface area contributed by atoms with Crippen LogP contribution in [0.25, 0.3) is 0 Å². The van der Waals surface area contributed by atoms with Crippen LogP contribution in [0.3, 0.4) is 0 Å². The van der Waals surface area contributed by atoms with Crippen LogP contribution in [-0.2, 0) is 9.59 Å². The summed E-state index contributed by atoms with van der Waals surface area (Å²) in [6, 6.07) is 17.2. The van der Waals surface area contributed by atoms with E-state index in [9.17, 15) is 24.3 Å². The second-order valence-electron chi connectivity index (χ2n) is 10.1. The zero-order valence-electron chi connectivity index (χ0n) is 22.6. The number of carbonyl (C=O) groups is 4. The average molecular weight is 559 g/mol. The van der Waals surface area contributed by atoms with Crippen molar-refractivity contribution in [2.75, 3.05) is 25.5 Å². The lowest BCUT2D eigenvalue weighted by atomic mass is 9.92. The molecule has 3 N–H and O–H groups in total. The van der Waals surface area contributed by atoms with Crippen LogP contribution in [0.4, 0.5) is 0 Å². The molecule has 2 aromatic carbocycles. The molecule has 2 saturated heterocycles. The first-order valence-electron chi connectivity index (χ1n) is 13.3. The van der Waals surface area contributed by atoms with Gasteiger partial charge >= 0.3 is 11.9 Å². The lowest BCUT2D eigenvalue weighted by Crippen LogP contribution is -2.48. The molecule has 4 rings (SSSR count). The minimum absolute atomic E-state index is 0.0126. The van der Waals surface area contributed by atoms with Crippen LogP contribution < -0.4 is 5.32 Å². The lowest BCUT2D eigenvalue weighted by molar-refractivity contribution is -0.145. The van der Waals surface area contributed by atoms with E-state index in [4.69, 9.17) is 16.7 Å². The molecule has 39 heavy (non-hydrogen) atoms. The van der Waals surface area contributed by atoms with Gasteiger partial charge in [0.15, 0.2) is 11.6 Å². The van der Waals surface area contributed by atoms with Crippen LogP contribution >= 0.6 is 11.6 Å². The molecule has 8 nitrogen and oxygen atoms in total. The van der Waals surface area contributed by atoms with Crippen LogP contribution in [0.15, 0.2) is 60.7 Å².